The van der Waals surface area contributed by atoms with Crippen LogP contribution < -0.4 is 5.32 Å². The molecule has 1 amide bonds. The van der Waals surface area contributed by atoms with Crippen LogP contribution >= 0.6 is 0 Å². The first-order valence-electron chi connectivity index (χ1n) is 9.23. The van der Waals surface area contributed by atoms with E-state index in [0.29, 0.717) is 11.7 Å². The number of carbonyl (C=O) groups excluding carboxylic acids is 1. The molecule has 3 heterocycles. The van der Waals surface area contributed by atoms with E-state index in [4.69, 9.17) is 4.74 Å². The van der Waals surface area contributed by atoms with E-state index in [-0.39, 0.29) is 11.4 Å². The molecule has 2 aliphatic rings. The molecule has 1 atom stereocenters. The lowest BCUT2D eigenvalue weighted by atomic mass is 10.0. The van der Waals surface area contributed by atoms with Crippen molar-refractivity contribution >= 4 is 5.91 Å². The summed E-state index contributed by atoms with van der Waals surface area (Å²) in [5.74, 6) is -0.0965. The van der Waals surface area contributed by atoms with Gasteiger partial charge in [0.1, 0.15) is 5.69 Å². The summed E-state index contributed by atoms with van der Waals surface area (Å²) in [5, 5.41) is 3.15. The topological polar surface area (TPSA) is 57.7 Å². The minimum absolute atomic E-state index is 0.0965. The van der Waals surface area contributed by atoms with Gasteiger partial charge in [0.25, 0.3) is 5.91 Å². The Bertz CT molecular complexity index is 599. The zero-order valence-corrected chi connectivity index (χ0v) is 15.6. The quantitative estimate of drug-likeness (QED) is 0.879. The van der Waals surface area contributed by atoms with Crippen LogP contribution in [0, 0.1) is 0 Å². The lowest BCUT2D eigenvalue weighted by molar-refractivity contribution is 0.0268. The minimum atomic E-state index is -0.309. The number of hydrogen-bond donors (Lipinski definition) is 1. The van der Waals surface area contributed by atoms with E-state index >= 15 is 0 Å². The average Bonchev–Trinajstić information content (AvgIpc) is 3.01. The molecule has 2 aliphatic heterocycles. The van der Waals surface area contributed by atoms with Crippen molar-refractivity contribution in [3.8, 4) is 0 Å². The van der Waals surface area contributed by atoms with E-state index in [1.807, 2.05) is 12.1 Å². The number of nitrogens with one attached hydrogen (secondary N) is 1. The maximum Gasteiger partial charge on any atom is 0.270 e. The smallest absolute Gasteiger partial charge is 0.270 e. The van der Waals surface area contributed by atoms with Gasteiger partial charge in [0, 0.05) is 37.4 Å². The van der Waals surface area contributed by atoms with Crippen molar-refractivity contribution in [2.75, 3.05) is 46.4 Å². The Hall–Kier alpha value is -1.50. The number of hydrogen-bond acceptors (Lipinski definition) is 5. The van der Waals surface area contributed by atoms with Crippen molar-refractivity contribution < 1.29 is 9.53 Å². The number of ether oxygens (including phenoxy) is 1. The number of morpholine rings is 1. The standard InChI is InChI=1S/C19H30N4O2/c1-19(2,14-23-9-11-25-12-10-23)21-18(24)16-13-15(6-7-20-16)17-5-4-8-22(17)3/h6-7,13,17H,4-5,8-12,14H2,1-3H3,(H,21,24). The van der Waals surface area contributed by atoms with Gasteiger partial charge >= 0.3 is 0 Å². The van der Waals surface area contributed by atoms with Crippen LogP contribution in [0.4, 0.5) is 0 Å². The predicted molar refractivity (Wildman–Crippen MR) is 97.6 cm³/mol. The molecule has 2 saturated heterocycles. The number of rotatable bonds is 5. The number of likely N-dealkylation sites (tertiary alicyclic amines) is 1. The first-order valence-corrected chi connectivity index (χ1v) is 9.23. The van der Waals surface area contributed by atoms with Crippen LogP contribution in [0.3, 0.4) is 0 Å². The van der Waals surface area contributed by atoms with Gasteiger partial charge < -0.3 is 10.1 Å². The lowest BCUT2D eigenvalue weighted by Crippen LogP contribution is -2.53. The third-order valence-electron chi connectivity index (χ3n) is 5.10. The van der Waals surface area contributed by atoms with Crippen LogP contribution in [-0.2, 0) is 4.74 Å². The van der Waals surface area contributed by atoms with Crippen molar-refractivity contribution in [3.05, 3.63) is 29.6 Å². The summed E-state index contributed by atoms with van der Waals surface area (Å²) in [6.07, 6.45) is 4.10. The van der Waals surface area contributed by atoms with Gasteiger partial charge in [-0.3, -0.25) is 19.6 Å². The maximum absolute atomic E-state index is 12.7. The van der Waals surface area contributed by atoms with E-state index in [2.05, 4.69) is 41.0 Å². The Morgan fingerprint density at radius 1 is 1.36 bits per heavy atom. The van der Waals surface area contributed by atoms with Crippen molar-refractivity contribution in [1.82, 2.24) is 20.1 Å². The normalized spacial score (nSPS) is 22.9. The third-order valence-corrected chi connectivity index (χ3v) is 5.10. The summed E-state index contributed by atoms with van der Waals surface area (Å²) in [4.78, 5) is 21.7. The van der Waals surface area contributed by atoms with Gasteiger partial charge in [-0.25, -0.2) is 0 Å². The molecule has 1 aromatic heterocycles. The summed E-state index contributed by atoms with van der Waals surface area (Å²) in [5.41, 5.74) is 1.38. The Balaban J connectivity index is 1.64. The van der Waals surface area contributed by atoms with Gasteiger partial charge in [-0.05, 0) is 58.0 Å². The fraction of sp³-hybridized carbons (Fsp3) is 0.684. The SMILES string of the molecule is CN1CCCC1c1ccnc(C(=O)NC(C)(C)CN2CCOCC2)c1. The van der Waals surface area contributed by atoms with Crippen molar-refractivity contribution in [2.24, 2.45) is 0 Å². The largest absolute Gasteiger partial charge is 0.379 e. The van der Waals surface area contributed by atoms with Crippen LogP contribution in [-0.4, -0.2) is 72.7 Å². The van der Waals surface area contributed by atoms with Crippen LogP contribution in [0.15, 0.2) is 18.3 Å². The molecule has 3 rings (SSSR count). The molecule has 0 spiro atoms. The maximum atomic E-state index is 12.7. The second kappa shape index (κ2) is 7.81. The molecule has 0 aliphatic carbocycles. The molecule has 1 N–H and O–H groups in total. The molecule has 25 heavy (non-hydrogen) atoms. The Labute approximate surface area is 150 Å². The minimum Gasteiger partial charge on any atom is -0.379 e. The fourth-order valence-electron chi connectivity index (χ4n) is 3.84. The Kier molecular flexibility index (Phi) is 5.71. The summed E-state index contributed by atoms with van der Waals surface area (Å²) in [6.45, 7) is 9.42. The van der Waals surface area contributed by atoms with Crippen LogP contribution in [0.2, 0.25) is 0 Å². The number of aromatic nitrogens is 1. The van der Waals surface area contributed by atoms with E-state index in [9.17, 15) is 4.79 Å². The van der Waals surface area contributed by atoms with E-state index in [1.54, 1.807) is 6.20 Å². The van der Waals surface area contributed by atoms with Gasteiger partial charge in [0.2, 0.25) is 0 Å². The number of pyridine rings is 1. The summed E-state index contributed by atoms with van der Waals surface area (Å²) < 4.78 is 5.39. The zero-order valence-electron chi connectivity index (χ0n) is 15.6. The van der Waals surface area contributed by atoms with Crippen LogP contribution in [0.25, 0.3) is 0 Å². The molecule has 0 aromatic carbocycles. The lowest BCUT2D eigenvalue weighted by Gasteiger charge is -2.35. The second-order valence-corrected chi connectivity index (χ2v) is 7.84. The number of nitrogens with zero attached hydrogens (tertiary/aromatic N) is 3. The molecular weight excluding hydrogens is 316 g/mol. The molecule has 0 radical (unpaired) electrons. The summed E-state index contributed by atoms with van der Waals surface area (Å²) in [6, 6.07) is 4.38. The van der Waals surface area contributed by atoms with E-state index < -0.39 is 0 Å². The molecule has 138 valence electrons. The van der Waals surface area contributed by atoms with Gasteiger partial charge in [0.15, 0.2) is 0 Å². The molecule has 0 bridgehead atoms. The molecule has 6 nitrogen and oxygen atoms in total. The first-order chi connectivity index (χ1) is 11.9. The highest BCUT2D eigenvalue weighted by Gasteiger charge is 2.27. The highest BCUT2D eigenvalue weighted by atomic mass is 16.5. The number of amides is 1. The van der Waals surface area contributed by atoms with Gasteiger partial charge in [-0.1, -0.05) is 0 Å². The molecule has 1 aromatic rings. The average molecular weight is 346 g/mol. The zero-order chi connectivity index (χ0) is 17.9. The fourth-order valence-corrected chi connectivity index (χ4v) is 3.84. The Morgan fingerprint density at radius 3 is 2.80 bits per heavy atom. The van der Waals surface area contributed by atoms with E-state index in [0.717, 1.165) is 45.8 Å². The van der Waals surface area contributed by atoms with Crippen molar-refractivity contribution in [3.63, 3.8) is 0 Å². The van der Waals surface area contributed by atoms with Crippen molar-refractivity contribution in [2.45, 2.75) is 38.3 Å². The van der Waals surface area contributed by atoms with Gasteiger partial charge in [-0.2, -0.15) is 0 Å². The summed E-state index contributed by atoms with van der Waals surface area (Å²) in [7, 11) is 2.14. The predicted octanol–water partition coefficient (Wildman–Crippen LogP) is 1.69. The highest BCUT2D eigenvalue weighted by Crippen LogP contribution is 2.30. The molecule has 1 unspecified atom stereocenters. The molecular formula is C19H30N4O2. The first kappa shape index (κ1) is 18.3. The monoisotopic (exact) mass is 346 g/mol. The third kappa shape index (κ3) is 4.77. The van der Waals surface area contributed by atoms with E-state index in [1.165, 1.54) is 12.0 Å². The Morgan fingerprint density at radius 2 is 2.12 bits per heavy atom. The number of carbonyl (C=O) groups is 1. The molecule has 2 fully saturated rings. The summed E-state index contributed by atoms with van der Waals surface area (Å²) >= 11 is 0. The van der Waals surface area contributed by atoms with Gasteiger partial charge in [0.05, 0.1) is 13.2 Å². The second-order valence-electron chi connectivity index (χ2n) is 7.84. The molecule has 0 saturated carbocycles. The van der Waals surface area contributed by atoms with Gasteiger partial charge in [-0.15, -0.1) is 0 Å². The highest BCUT2D eigenvalue weighted by molar-refractivity contribution is 5.92. The van der Waals surface area contributed by atoms with Crippen molar-refractivity contribution in [1.29, 1.82) is 0 Å². The molecule has 6 heteroatoms. The van der Waals surface area contributed by atoms with Crippen LogP contribution in [0.5, 0.6) is 0 Å². The van der Waals surface area contributed by atoms with Crippen LogP contribution in [0.1, 0.15) is 48.8 Å².